The molecule has 0 bridgehead atoms. The monoisotopic (exact) mass is 275 g/mol. The van der Waals surface area contributed by atoms with Crippen molar-refractivity contribution in [2.24, 2.45) is 17.8 Å². The number of aryl methyl sites for hydroxylation is 1. The molecule has 3 unspecified atom stereocenters. The molecule has 1 aliphatic carbocycles. The Labute approximate surface area is 123 Å². The van der Waals surface area contributed by atoms with E-state index in [0.717, 1.165) is 23.5 Å². The smallest absolute Gasteiger partial charge is 0.118 e. The molecule has 1 saturated carbocycles. The van der Waals surface area contributed by atoms with Gasteiger partial charge in [0.05, 0.1) is 7.11 Å². The van der Waals surface area contributed by atoms with Crippen LogP contribution in [0.2, 0.25) is 0 Å². The highest BCUT2D eigenvalue weighted by Gasteiger charge is 2.27. The Morgan fingerprint density at radius 1 is 1.15 bits per heavy atom. The van der Waals surface area contributed by atoms with Crippen molar-refractivity contribution in [1.29, 1.82) is 0 Å². The summed E-state index contributed by atoms with van der Waals surface area (Å²) < 4.78 is 5.22. The van der Waals surface area contributed by atoms with Gasteiger partial charge in [-0.2, -0.15) is 0 Å². The minimum Gasteiger partial charge on any atom is -0.497 e. The molecule has 1 aromatic carbocycles. The maximum Gasteiger partial charge on any atom is 0.118 e. The van der Waals surface area contributed by atoms with Gasteiger partial charge in [-0.25, -0.2) is 0 Å². The second-order valence-electron chi connectivity index (χ2n) is 6.38. The summed E-state index contributed by atoms with van der Waals surface area (Å²) in [5, 5.41) is 3.38. The zero-order valence-corrected chi connectivity index (χ0v) is 13.2. The predicted molar refractivity (Wildman–Crippen MR) is 85.2 cm³/mol. The fourth-order valence-electron chi connectivity index (χ4n) is 3.59. The Kier molecular flexibility index (Phi) is 5.90. The summed E-state index contributed by atoms with van der Waals surface area (Å²) in [6.45, 7) is 3.59. The first-order valence-electron chi connectivity index (χ1n) is 8.00. The summed E-state index contributed by atoms with van der Waals surface area (Å²) in [4.78, 5) is 0. The maximum atomic E-state index is 5.22. The molecule has 20 heavy (non-hydrogen) atoms. The third-order valence-corrected chi connectivity index (χ3v) is 4.83. The zero-order valence-electron chi connectivity index (χ0n) is 13.2. The van der Waals surface area contributed by atoms with Gasteiger partial charge in [0.1, 0.15) is 5.75 Å². The molecule has 2 rings (SSSR count). The Bertz CT molecular complexity index is 387. The Hall–Kier alpha value is -1.02. The van der Waals surface area contributed by atoms with Crippen molar-refractivity contribution in [1.82, 2.24) is 5.32 Å². The SMILES string of the molecule is CNCC1CCC(C)CC1CCc1ccc(OC)cc1. The van der Waals surface area contributed by atoms with E-state index >= 15 is 0 Å². The summed E-state index contributed by atoms with van der Waals surface area (Å²) in [5.41, 5.74) is 1.44. The average molecular weight is 275 g/mol. The Morgan fingerprint density at radius 3 is 2.55 bits per heavy atom. The van der Waals surface area contributed by atoms with Crippen LogP contribution >= 0.6 is 0 Å². The highest BCUT2D eigenvalue weighted by molar-refractivity contribution is 5.27. The summed E-state index contributed by atoms with van der Waals surface area (Å²) in [6, 6.07) is 8.56. The molecule has 112 valence electrons. The number of rotatable bonds is 6. The van der Waals surface area contributed by atoms with Gasteiger partial charge in [-0.15, -0.1) is 0 Å². The number of hydrogen-bond acceptors (Lipinski definition) is 2. The van der Waals surface area contributed by atoms with Crippen LogP contribution in [0, 0.1) is 17.8 Å². The van der Waals surface area contributed by atoms with Gasteiger partial charge in [-0.1, -0.05) is 25.5 Å². The van der Waals surface area contributed by atoms with Crippen LogP contribution in [0.15, 0.2) is 24.3 Å². The maximum absolute atomic E-state index is 5.22. The molecule has 0 spiro atoms. The van der Waals surface area contributed by atoms with Crippen molar-refractivity contribution in [3.63, 3.8) is 0 Å². The van der Waals surface area contributed by atoms with Crippen LogP contribution in [0.4, 0.5) is 0 Å². The first kappa shape index (κ1) is 15.4. The van der Waals surface area contributed by atoms with E-state index in [1.165, 1.54) is 44.2 Å². The molecule has 1 fully saturated rings. The number of nitrogens with one attached hydrogen (secondary N) is 1. The molecule has 0 aliphatic heterocycles. The lowest BCUT2D eigenvalue weighted by Crippen LogP contribution is -2.31. The Balaban J connectivity index is 1.89. The van der Waals surface area contributed by atoms with E-state index in [2.05, 4.69) is 43.6 Å². The molecule has 0 aromatic heterocycles. The van der Waals surface area contributed by atoms with Crippen LogP contribution in [0.5, 0.6) is 5.75 Å². The Morgan fingerprint density at radius 2 is 1.90 bits per heavy atom. The van der Waals surface area contributed by atoms with E-state index < -0.39 is 0 Å². The number of ether oxygens (including phenoxy) is 1. The second kappa shape index (κ2) is 7.68. The molecule has 3 atom stereocenters. The van der Waals surface area contributed by atoms with Gasteiger partial charge in [0, 0.05) is 0 Å². The average Bonchev–Trinajstić information content (AvgIpc) is 2.48. The van der Waals surface area contributed by atoms with E-state index in [9.17, 15) is 0 Å². The highest BCUT2D eigenvalue weighted by Crippen LogP contribution is 2.36. The molecule has 1 aromatic rings. The molecule has 0 amide bonds. The third-order valence-electron chi connectivity index (χ3n) is 4.83. The molecule has 1 N–H and O–H groups in total. The molecule has 0 saturated heterocycles. The largest absolute Gasteiger partial charge is 0.497 e. The van der Waals surface area contributed by atoms with Crippen LogP contribution in [0.1, 0.15) is 38.2 Å². The van der Waals surface area contributed by atoms with Gasteiger partial charge in [-0.05, 0) is 74.7 Å². The fourth-order valence-corrected chi connectivity index (χ4v) is 3.59. The van der Waals surface area contributed by atoms with Crippen molar-refractivity contribution >= 4 is 0 Å². The number of hydrogen-bond donors (Lipinski definition) is 1. The summed E-state index contributed by atoms with van der Waals surface area (Å²) in [5.74, 6) is 3.61. The minimum absolute atomic E-state index is 0.870. The molecule has 2 nitrogen and oxygen atoms in total. The second-order valence-corrected chi connectivity index (χ2v) is 6.38. The van der Waals surface area contributed by atoms with Gasteiger partial charge in [0.2, 0.25) is 0 Å². The van der Waals surface area contributed by atoms with E-state index in [0.29, 0.717) is 0 Å². The first-order valence-corrected chi connectivity index (χ1v) is 8.00. The van der Waals surface area contributed by atoms with Crippen molar-refractivity contribution in [3.05, 3.63) is 29.8 Å². The van der Waals surface area contributed by atoms with Crippen LogP contribution in [-0.2, 0) is 6.42 Å². The van der Waals surface area contributed by atoms with Gasteiger partial charge in [0.15, 0.2) is 0 Å². The molecule has 0 radical (unpaired) electrons. The lowest BCUT2D eigenvalue weighted by atomic mass is 9.72. The highest BCUT2D eigenvalue weighted by atomic mass is 16.5. The lowest BCUT2D eigenvalue weighted by Gasteiger charge is -2.35. The number of methoxy groups -OCH3 is 1. The summed E-state index contributed by atoms with van der Waals surface area (Å²) >= 11 is 0. The number of benzene rings is 1. The van der Waals surface area contributed by atoms with E-state index in [-0.39, 0.29) is 0 Å². The van der Waals surface area contributed by atoms with Crippen LogP contribution in [0.25, 0.3) is 0 Å². The molecule has 1 aliphatic rings. The predicted octanol–water partition coefficient (Wildman–Crippen LogP) is 3.90. The third kappa shape index (κ3) is 4.24. The topological polar surface area (TPSA) is 21.3 Å². The van der Waals surface area contributed by atoms with Crippen molar-refractivity contribution in [3.8, 4) is 5.75 Å². The lowest BCUT2D eigenvalue weighted by molar-refractivity contribution is 0.177. The van der Waals surface area contributed by atoms with E-state index in [1.807, 2.05) is 0 Å². The quantitative estimate of drug-likeness (QED) is 0.850. The molecule has 0 heterocycles. The minimum atomic E-state index is 0.870. The van der Waals surface area contributed by atoms with Crippen LogP contribution in [0.3, 0.4) is 0 Å². The van der Waals surface area contributed by atoms with Crippen molar-refractivity contribution in [2.75, 3.05) is 20.7 Å². The van der Waals surface area contributed by atoms with E-state index in [1.54, 1.807) is 7.11 Å². The van der Waals surface area contributed by atoms with Gasteiger partial charge in [-0.3, -0.25) is 0 Å². The zero-order chi connectivity index (χ0) is 14.4. The van der Waals surface area contributed by atoms with Crippen molar-refractivity contribution in [2.45, 2.75) is 39.0 Å². The molecule has 2 heteroatoms. The van der Waals surface area contributed by atoms with Crippen molar-refractivity contribution < 1.29 is 4.74 Å². The standard InChI is InChI=1S/C18H29NO/c1-14-4-8-17(13-19-2)16(12-14)9-5-15-6-10-18(20-3)11-7-15/h6-7,10-11,14,16-17,19H,4-5,8-9,12-13H2,1-3H3. The molecular formula is C18H29NO. The summed E-state index contributed by atoms with van der Waals surface area (Å²) in [6.07, 6.45) is 6.73. The van der Waals surface area contributed by atoms with Gasteiger partial charge in [0.25, 0.3) is 0 Å². The van der Waals surface area contributed by atoms with E-state index in [4.69, 9.17) is 4.74 Å². The van der Waals surface area contributed by atoms with Crippen LogP contribution in [-0.4, -0.2) is 20.7 Å². The fraction of sp³-hybridized carbons (Fsp3) is 0.667. The normalized spacial score (nSPS) is 26.4. The van der Waals surface area contributed by atoms with Gasteiger partial charge >= 0.3 is 0 Å². The molecular weight excluding hydrogens is 246 g/mol. The summed E-state index contributed by atoms with van der Waals surface area (Å²) in [7, 11) is 3.80. The van der Waals surface area contributed by atoms with Crippen LogP contribution < -0.4 is 10.1 Å². The first-order chi connectivity index (χ1) is 9.72. The van der Waals surface area contributed by atoms with Gasteiger partial charge < -0.3 is 10.1 Å².